The number of nitrogen functional groups attached to an aromatic ring is 1. The minimum absolute atomic E-state index is 0.141. The van der Waals surface area contributed by atoms with E-state index < -0.39 is 0 Å². The zero-order valence-corrected chi connectivity index (χ0v) is 17.9. The van der Waals surface area contributed by atoms with Crippen LogP contribution in [0.5, 0.6) is 5.75 Å². The summed E-state index contributed by atoms with van der Waals surface area (Å²) in [7, 11) is 1.60. The molecule has 0 aliphatic heterocycles. The lowest BCUT2D eigenvalue weighted by Gasteiger charge is -2.10. The number of benzene rings is 2. The molecule has 0 radical (unpaired) electrons. The minimum Gasteiger partial charge on any atom is -0.495 e. The Balaban J connectivity index is 1.40. The van der Waals surface area contributed by atoms with Crippen LogP contribution in [0.25, 0.3) is 11.4 Å². The smallest absolute Gasteiger partial charge is 0.236 e. The van der Waals surface area contributed by atoms with Gasteiger partial charge in [0, 0.05) is 5.56 Å². The van der Waals surface area contributed by atoms with E-state index in [1.54, 1.807) is 18.9 Å². The number of anilines is 3. The van der Waals surface area contributed by atoms with Gasteiger partial charge in [0.2, 0.25) is 23.6 Å². The number of nitrogens with one attached hydrogen (secondary N) is 1. The van der Waals surface area contributed by atoms with Gasteiger partial charge in [-0.05, 0) is 24.6 Å². The van der Waals surface area contributed by atoms with Crippen LogP contribution in [0.15, 0.2) is 53.1 Å². The number of hydrogen-bond acceptors (Lipinski definition) is 10. The maximum atomic E-state index is 5.86. The first-order valence-corrected chi connectivity index (χ1v) is 10.6. The Hall–Kier alpha value is -3.66. The first kappa shape index (κ1) is 20.6. The number of rotatable bonds is 8. The summed E-state index contributed by atoms with van der Waals surface area (Å²) in [4.78, 5) is 17.3. The zero-order valence-electron chi connectivity index (χ0n) is 17.1. The number of aryl methyl sites for hydroxylation is 1. The third-order valence-electron chi connectivity index (χ3n) is 4.36. The molecule has 2 aromatic carbocycles. The third-order valence-corrected chi connectivity index (χ3v) is 5.28. The van der Waals surface area contributed by atoms with Crippen molar-refractivity contribution < 1.29 is 9.26 Å². The Morgan fingerprint density at radius 3 is 2.65 bits per heavy atom. The molecule has 0 aliphatic rings. The molecule has 31 heavy (non-hydrogen) atoms. The lowest BCUT2D eigenvalue weighted by atomic mass is 10.1. The second-order valence-electron chi connectivity index (χ2n) is 6.58. The summed E-state index contributed by atoms with van der Waals surface area (Å²) in [5.41, 5.74) is 8.66. The summed E-state index contributed by atoms with van der Waals surface area (Å²) < 4.78 is 10.7. The van der Waals surface area contributed by atoms with Gasteiger partial charge in [-0.1, -0.05) is 41.6 Å². The van der Waals surface area contributed by atoms with E-state index in [2.05, 4.69) is 30.4 Å². The molecule has 2 aromatic heterocycles. The molecule has 0 amide bonds. The maximum absolute atomic E-state index is 5.86. The second-order valence-corrected chi connectivity index (χ2v) is 7.56. The van der Waals surface area contributed by atoms with Gasteiger partial charge >= 0.3 is 0 Å². The minimum atomic E-state index is 0.141. The number of nitrogens with two attached hydrogens (primary N) is 1. The van der Waals surface area contributed by atoms with Gasteiger partial charge in [0.1, 0.15) is 11.6 Å². The Kier molecular flexibility index (Phi) is 6.27. The van der Waals surface area contributed by atoms with Crippen LogP contribution in [0.4, 0.5) is 17.6 Å². The van der Waals surface area contributed by atoms with Crippen molar-refractivity contribution in [3.63, 3.8) is 0 Å². The summed E-state index contributed by atoms with van der Waals surface area (Å²) in [6, 6.07) is 15.4. The summed E-state index contributed by atoms with van der Waals surface area (Å²) in [5.74, 6) is 3.88. The van der Waals surface area contributed by atoms with Gasteiger partial charge in [-0.2, -0.15) is 19.9 Å². The van der Waals surface area contributed by atoms with Crippen molar-refractivity contribution in [1.29, 1.82) is 0 Å². The van der Waals surface area contributed by atoms with Crippen LogP contribution in [0.3, 0.4) is 0 Å². The highest BCUT2D eigenvalue weighted by atomic mass is 32.2. The number of methoxy groups -OCH3 is 1. The molecule has 4 rings (SSSR count). The number of nitrogens with zero attached hydrogens (tertiary/aromatic N) is 5. The van der Waals surface area contributed by atoms with Crippen LogP contribution in [0.1, 0.15) is 17.3 Å². The van der Waals surface area contributed by atoms with Crippen molar-refractivity contribution in [2.45, 2.75) is 18.4 Å². The normalized spacial score (nSPS) is 10.8. The molecule has 3 N–H and O–H groups in total. The SMILES string of the molecule is COc1ccccc1Nc1nc(N)nc(CSCc2nc(-c3ccccc3C)no2)n1. The van der Waals surface area contributed by atoms with Crippen molar-refractivity contribution in [2.75, 3.05) is 18.2 Å². The molecule has 0 saturated carbocycles. The topological polar surface area (TPSA) is 125 Å². The predicted octanol–water partition coefficient (Wildman–Crippen LogP) is 4.00. The molecule has 10 heteroatoms. The number of para-hydroxylation sites is 2. The number of thioether (sulfide) groups is 1. The predicted molar refractivity (Wildman–Crippen MR) is 120 cm³/mol. The van der Waals surface area contributed by atoms with E-state index in [0.29, 0.717) is 40.7 Å². The van der Waals surface area contributed by atoms with Crippen LogP contribution in [-0.2, 0) is 11.5 Å². The summed E-state index contributed by atoms with van der Waals surface area (Å²) in [6.45, 7) is 2.02. The van der Waals surface area contributed by atoms with Gasteiger partial charge in [-0.3, -0.25) is 0 Å². The zero-order chi connectivity index (χ0) is 21.6. The molecule has 0 atom stereocenters. The van der Waals surface area contributed by atoms with Gasteiger partial charge in [0.25, 0.3) is 0 Å². The molecule has 158 valence electrons. The quantitative estimate of drug-likeness (QED) is 0.419. The fourth-order valence-corrected chi connectivity index (χ4v) is 3.61. The maximum Gasteiger partial charge on any atom is 0.236 e. The van der Waals surface area contributed by atoms with Crippen LogP contribution in [0, 0.1) is 6.92 Å². The molecule has 9 nitrogen and oxygen atoms in total. The Morgan fingerprint density at radius 1 is 1.00 bits per heavy atom. The van der Waals surface area contributed by atoms with Crippen LogP contribution in [-0.4, -0.2) is 32.2 Å². The molecule has 0 spiro atoms. The van der Waals surface area contributed by atoms with Crippen molar-refractivity contribution in [3.05, 3.63) is 65.8 Å². The highest BCUT2D eigenvalue weighted by molar-refractivity contribution is 7.97. The van der Waals surface area contributed by atoms with Crippen LogP contribution < -0.4 is 15.8 Å². The molecule has 4 aromatic rings. The molecule has 0 saturated heterocycles. The molecule has 2 heterocycles. The Morgan fingerprint density at radius 2 is 1.81 bits per heavy atom. The monoisotopic (exact) mass is 435 g/mol. The highest BCUT2D eigenvalue weighted by Gasteiger charge is 2.12. The van der Waals surface area contributed by atoms with E-state index in [4.69, 9.17) is 15.0 Å². The van der Waals surface area contributed by atoms with E-state index >= 15 is 0 Å². The Bertz CT molecular complexity index is 1180. The van der Waals surface area contributed by atoms with Gasteiger partial charge in [-0.15, -0.1) is 11.8 Å². The van der Waals surface area contributed by atoms with E-state index in [9.17, 15) is 0 Å². The van der Waals surface area contributed by atoms with Crippen LogP contribution in [0.2, 0.25) is 0 Å². The van der Waals surface area contributed by atoms with Crippen molar-refractivity contribution in [1.82, 2.24) is 25.1 Å². The van der Waals surface area contributed by atoms with E-state index in [1.165, 1.54) is 0 Å². The number of aromatic nitrogens is 5. The Labute approximate surface area is 183 Å². The van der Waals surface area contributed by atoms with Crippen molar-refractivity contribution in [3.8, 4) is 17.1 Å². The first-order valence-electron chi connectivity index (χ1n) is 9.49. The van der Waals surface area contributed by atoms with E-state index in [1.807, 2.05) is 55.5 Å². The van der Waals surface area contributed by atoms with Gasteiger partial charge in [0.05, 0.1) is 24.3 Å². The van der Waals surface area contributed by atoms with Gasteiger partial charge in [-0.25, -0.2) is 0 Å². The van der Waals surface area contributed by atoms with Gasteiger partial charge < -0.3 is 20.3 Å². The highest BCUT2D eigenvalue weighted by Crippen LogP contribution is 2.26. The van der Waals surface area contributed by atoms with E-state index in [-0.39, 0.29) is 5.95 Å². The van der Waals surface area contributed by atoms with E-state index in [0.717, 1.165) is 16.8 Å². The summed E-state index contributed by atoms with van der Waals surface area (Å²) in [6.07, 6.45) is 0. The third kappa shape index (κ3) is 5.10. The molecule has 0 aliphatic carbocycles. The fraction of sp³-hybridized carbons (Fsp3) is 0.190. The molecule has 0 fully saturated rings. The average molecular weight is 436 g/mol. The lowest BCUT2D eigenvalue weighted by Crippen LogP contribution is -2.07. The number of ether oxygens (including phenoxy) is 1. The lowest BCUT2D eigenvalue weighted by molar-refractivity contribution is 0.391. The van der Waals surface area contributed by atoms with Crippen molar-refractivity contribution in [2.24, 2.45) is 0 Å². The largest absolute Gasteiger partial charge is 0.495 e. The second kappa shape index (κ2) is 9.43. The van der Waals surface area contributed by atoms with Crippen LogP contribution >= 0.6 is 11.8 Å². The van der Waals surface area contributed by atoms with Gasteiger partial charge in [0.15, 0.2) is 0 Å². The first-order chi connectivity index (χ1) is 15.1. The number of hydrogen-bond donors (Lipinski definition) is 2. The molecule has 0 bridgehead atoms. The molecular formula is C21H21N7O2S. The summed E-state index contributed by atoms with van der Waals surface area (Å²) >= 11 is 1.55. The average Bonchev–Trinajstić information content (AvgIpc) is 3.23. The summed E-state index contributed by atoms with van der Waals surface area (Å²) in [5, 5.41) is 7.20. The van der Waals surface area contributed by atoms with Crippen molar-refractivity contribution >= 4 is 29.3 Å². The fourth-order valence-electron chi connectivity index (χ4n) is 2.90. The standard InChI is InChI=1S/C21H21N7O2S/c1-13-7-3-4-8-14(13)19-26-18(30-28-19)12-31-11-17-24-20(22)27-21(25-17)23-15-9-5-6-10-16(15)29-2/h3-10H,11-12H2,1-2H3,(H3,22,23,24,25,27). The molecule has 0 unspecified atom stereocenters. The molecular weight excluding hydrogens is 414 g/mol.